The van der Waals surface area contributed by atoms with Crippen LogP contribution in [-0.2, 0) is 6.61 Å². The first-order chi connectivity index (χ1) is 7.24. The predicted octanol–water partition coefficient (Wildman–Crippen LogP) is 4.23. The summed E-state index contributed by atoms with van der Waals surface area (Å²) in [6.07, 6.45) is 0. The molecule has 0 spiro atoms. The Morgan fingerprint density at radius 3 is 2.87 bits per heavy atom. The molecule has 0 radical (unpaired) electrons. The molecular formula is C11H8BrFOS. The molecule has 0 N–H and O–H groups in total. The summed E-state index contributed by atoms with van der Waals surface area (Å²) in [4.78, 5) is 1.10. The second kappa shape index (κ2) is 4.77. The molecule has 0 saturated heterocycles. The van der Waals surface area contributed by atoms with Crippen molar-refractivity contribution in [3.8, 4) is 5.75 Å². The molecule has 0 aliphatic carbocycles. The SMILES string of the molecule is Fc1cccc(OCc2cc(Br)cs2)c1. The molecular weight excluding hydrogens is 279 g/mol. The maximum atomic E-state index is 12.8. The zero-order valence-corrected chi connectivity index (χ0v) is 10.1. The first kappa shape index (κ1) is 10.6. The highest BCUT2D eigenvalue weighted by Gasteiger charge is 2.00. The van der Waals surface area contributed by atoms with Crippen molar-refractivity contribution in [3.63, 3.8) is 0 Å². The minimum absolute atomic E-state index is 0.278. The van der Waals surface area contributed by atoms with Crippen molar-refractivity contribution in [1.82, 2.24) is 0 Å². The van der Waals surface area contributed by atoms with Gasteiger partial charge in [-0.15, -0.1) is 11.3 Å². The standard InChI is InChI=1S/C11H8BrFOS/c12-8-4-11(15-7-8)6-14-10-3-1-2-9(13)5-10/h1-5,7H,6H2. The van der Waals surface area contributed by atoms with E-state index in [9.17, 15) is 4.39 Å². The van der Waals surface area contributed by atoms with Crippen LogP contribution in [0.25, 0.3) is 0 Å². The van der Waals surface area contributed by atoms with E-state index in [0.717, 1.165) is 9.35 Å². The zero-order valence-electron chi connectivity index (χ0n) is 7.74. The van der Waals surface area contributed by atoms with E-state index in [2.05, 4.69) is 15.9 Å². The van der Waals surface area contributed by atoms with E-state index >= 15 is 0 Å². The topological polar surface area (TPSA) is 9.23 Å². The van der Waals surface area contributed by atoms with Crippen LogP contribution < -0.4 is 4.74 Å². The van der Waals surface area contributed by atoms with Crippen LogP contribution in [-0.4, -0.2) is 0 Å². The number of ether oxygens (including phenoxy) is 1. The Bertz CT molecular complexity index is 455. The highest BCUT2D eigenvalue weighted by Crippen LogP contribution is 2.21. The van der Waals surface area contributed by atoms with Gasteiger partial charge in [-0.1, -0.05) is 6.07 Å². The molecule has 0 aliphatic rings. The Hall–Kier alpha value is -0.870. The number of hydrogen-bond acceptors (Lipinski definition) is 2. The third kappa shape index (κ3) is 3.04. The lowest BCUT2D eigenvalue weighted by Gasteiger charge is -2.03. The van der Waals surface area contributed by atoms with Gasteiger partial charge in [0.2, 0.25) is 0 Å². The Kier molecular flexibility index (Phi) is 3.38. The monoisotopic (exact) mass is 286 g/mol. The fraction of sp³-hybridized carbons (Fsp3) is 0.0909. The quantitative estimate of drug-likeness (QED) is 0.821. The van der Waals surface area contributed by atoms with Crippen molar-refractivity contribution < 1.29 is 9.13 Å². The molecule has 78 valence electrons. The molecule has 0 fully saturated rings. The maximum Gasteiger partial charge on any atom is 0.126 e. The van der Waals surface area contributed by atoms with Crippen LogP contribution in [0.5, 0.6) is 5.75 Å². The van der Waals surface area contributed by atoms with Gasteiger partial charge < -0.3 is 4.74 Å². The van der Waals surface area contributed by atoms with Crippen LogP contribution in [0.2, 0.25) is 0 Å². The molecule has 1 nitrogen and oxygen atoms in total. The van der Waals surface area contributed by atoms with E-state index in [1.165, 1.54) is 12.1 Å². The van der Waals surface area contributed by atoms with Crippen LogP contribution in [0, 0.1) is 5.82 Å². The summed E-state index contributed by atoms with van der Waals surface area (Å²) in [5.41, 5.74) is 0. The zero-order chi connectivity index (χ0) is 10.7. The van der Waals surface area contributed by atoms with Crippen molar-refractivity contribution in [2.45, 2.75) is 6.61 Å². The van der Waals surface area contributed by atoms with Crippen LogP contribution >= 0.6 is 27.3 Å². The summed E-state index contributed by atoms with van der Waals surface area (Å²) in [5.74, 6) is 0.277. The minimum Gasteiger partial charge on any atom is -0.488 e. The van der Waals surface area contributed by atoms with E-state index in [1.54, 1.807) is 23.5 Å². The lowest BCUT2D eigenvalue weighted by atomic mass is 10.3. The van der Waals surface area contributed by atoms with Gasteiger partial charge in [-0.05, 0) is 34.1 Å². The highest BCUT2D eigenvalue weighted by atomic mass is 79.9. The molecule has 0 bridgehead atoms. The van der Waals surface area contributed by atoms with Crippen molar-refractivity contribution in [2.24, 2.45) is 0 Å². The van der Waals surface area contributed by atoms with E-state index < -0.39 is 0 Å². The Morgan fingerprint density at radius 1 is 1.33 bits per heavy atom. The molecule has 4 heteroatoms. The molecule has 2 aromatic rings. The molecule has 0 aliphatic heterocycles. The second-order valence-electron chi connectivity index (χ2n) is 2.98. The number of rotatable bonds is 3. The number of thiophene rings is 1. The molecule has 15 heavy (non-hydrogen) atoms. The number of benzene rings is 1. The summed E-state index contributed by atoms with van der Waals surface area (Å²) in [6, 6.07) is 8.14. The lowest BCUT2D eigenvalue weighted by molar-refractivity contribution is 0.308. The highest BCUT2D eigenvalue weighted by molar-refractivity contribution is 9.10. The summed E-state index contributed by atoms with van der Waals surface area (Å²) >= 11 is 4.97. The summed E-state index contributed by atoms with van der Waals surface area (Å²) in [7, 11) is 0. The van der Waals surface area contributed by atoms with Gasteiger partial charge in [0.15, 0.2) is 0 Å². The predicted molar refractivity (Wildman–Crippen MR) is 62.8 cm³/mol. The number of halogens is 2. The lowest BCUT2D eigenvalue weighted by Crippen LogP contribution is -1.92. The average Bonchev–Trinajstić information content (AvgIpc) is 2.62. The molecule has 2 rings (SSSR count). The summed E-state index contributed by atoms with van der Waals surface area (Å²) in [6.45, 7) is 0.472. The van der Waals surface area contributed by atoms with Gasteiger partial charge in [-0.2, -0.15) is 0 Å². The summed E-state index contributed by atoms with van der Waals surface area (Å²) in [5, 5.41) is 1.99. The van der Waals surface area contributed by atoms with Crippen molar-refractivity contribution in [3.05, 3.63) is 50.9 Å². The van der Waals surface area contributed by atoms with E-state index in [4.69, 9.17) is 4.74 Å². The first-order valence-corrected chi connectivity index (χ1v) is 6.02. The van der Waals surface area contributed by atoms with Crippen LogP contribution in [0.4, 0.5) is 4.39 Å². The third-order valence-corrected chi connectivity index (χ3v) is 3.47. The molecule has 0 saturated carbocycles. The van der Waals surface area contributed by atoms with E-state index in [-0.39, 0.29) is 5.82 Å². The fourth-order valence-electron chi connectivity index (χ4n) is 1.14. The fourth-order valence-corrected chi connectivity index (χ4v) is 2.50. The third-order valence-electron chi connectivity index (χ3n) is 1.80. The van der Waals surface area contributed by atoms with E-state index in [0.29, 0.717) is 12.4 Å². The Balaban J connectivity index is 1.99. The average molecular weight is 287 g/mol. The minimum atomic E-state index is -0.278. The first-order valence-electron chi connectivity index (χ1n) is 4.35. The van der Waals surface area contributed by atoms with Gasteiger partial charge >= 0.3 is 0 Å². The largest absolute Gasteiger partial charge is 0.488 e. The van der Waals surface area contributed by atoms with Gasteiger partial charge in [0.1, 0.15) is 18.2 Å². The van der Waals surface area contributed by atoms with Crippen molar-refractivity contribution >= 4 is 27.3 Å². The smallest absolute Gasteiger partial charge is 0.126 e. The van der Waals surface area contributed by atoms with Crippen molar-refractivity contribution in [1.29, 1.82) is 0 Å². The van der Waals surface area contributed by atoms with Gasteiger partial charge in [0, 0.05) is 20.8 Å². The van der Waals surface area contributed by atoms with Crippen LogP contribution in [0.3, 0.4) is 0 Å². The van der Waals surface area contributed by atoms with Crippen molar-refractivity contribution in [2.75, 3.05) is 0 Å². The normalized spacial score (nSPS) is 10.3. The van der Waals surface area contributed by atoms with Crippen LogP contribution in [0.15, 0.2) is 40.2 Å². The summed E-state index contributed by atoms with van der Waals surface area (Å²) < 4.78 is 19.3. The molecule has 1 aromatic heterocycles. The van der Waals surface area contributed by atoms with E-state index in [1.807, 2.05) is 11.4 Å². The van der Waals surface area contributed by atoms with Gasteiger partial charge in [-0.3, -0.25) is 0 Å². The second-order valence-corrected chi connectivity index (χ2v) is 4.89. The maximum absolute atomic E-state index is 12.8. The Morgan fingerprint density at radius 2 is 2.20 bits per heavy atom. The Labute approximate surface area is 99.6 Å². The molecule has 1 aromatic carbocycles. The van der Waals surface area contributed by atoms with Gasteiger partial charge in [0.05, 0.1) is 0 Å². The van der Waals surface area contributed by atoms with Gasteiger partial charge in [0.25, 0.3) is 0 Å². The molecule has 0 amide bonds. The van der Waals surface area contributed by atoms with Gasteiger partial charge in [-0.25, -0.2) is 4.39 Å². The van der Waals surface area contributed by atoms with Crippen LogP contribution in [0.1, 0.15) is 4.88 Å². The molecule has 0 atom stereocenters. The molecule has 0 unspecified atom stereocenters. The number of hydrogen-bond donors (Lipinski definition) is 0. The molecule has 1 heterocycles.